The quantitative estimate of drug-likeness (QED) is 0.602. The van der Waals surface area contributed by atoms with Gasteiger partial charge in [0.15, 0.2) is 11.6 Å². The number of alkyl halides is 3. The molecular weight excluding hydrogens is 283 g/mol. The van der Waals surface area contributed by atoms with Crippen LogP contribution in [-0.2, 0) is 0 Å². The maximum absolute atomic E-state index is 13.9. The molecule has 1 aromatic heterocycles. The number of hydrogen-bond acceptors (Lipinski definition) is 2. The Kier molecular flexibility index (Phi) is 2.60. The van der Waals surface area contributed by atoms with Crippen molar-refractivity contribution in [3.05, 3.63) is 42.0 Å². The lowest BCUT2D eigenvalue weighted by Gasteiger charge is -2.09. The van der Waals surface area contributed by atoms with E-state index in [2.05, 4.69) is 4.74 Å². The molecule has 104 valence electrons. The van der Waals surface area contributed by atoms with Crippen LogP contribution in [0.25, 0.3) is 21.9 Å². The Bertz CT molecular complexity index is 804. The predicted octanol–water partition coefficient (Wildman–Crippen LogP) is 4.76. The number of rotatable bonds is 1. The van der Waals surface area contributed by atoms with Crippen LogP contribution in [0.5, 0.6) is 5.75 Å². The van der Waals surface area contributed by atoms with E-state index in [0.29, 0.717) is 6.07 Å². The summed E-state index contributed by atoms with van der Waals surface area (Å²) < 4.78 is 72.5. The fourth-order valence-corrected chi connectivity index (χ4v) is 1.99. The van der Waals surface area contributed by atoms with Crippen LogP contribution in [-0.4, -0.2) is 6.36 Å². The van der Waals surface area contributed by atoms with Crippen LogP contribution >= 0.6 is 0 Å². The first kappa shape index (κ1) is 12.7. The van der Waals surface area contributed by atoms with Gasteiger partial charge in [-0.2, -0.15) is 4.39 Å². The third-order valence-corrected chi connectivity index (χ3v) is 2.74. The highest BCUT2D eigenvalue weighted by molar-refractivity contribution is 6.05. The predicted molar refractivity (Wildman–Crippen MR) is 60.3 cm³/mol. The molecule has 0 spiro atoms. The van der Waals surface area contributed by atoms with Crippen molar-refractivity contribution in [3.8, 4) is 5.75 Å². The van der Waals surface area contributed by atoms with Gasteiger partial charge in [0.2, 0.25) is 5.82 Å². The zero-order valence-corrected chi connectivity index (χ0v) is 9.59. The first-order chi connectivity index (χ1) is 9.37. The molecule has 0 amide bonds. The summed E-state index contributed by atoms with van der Waals surface area (Å²) in [5, 5.41) is 0.0603. The fourth-order valence-electron chi connectivity index (χ4n) is 1.99. The van der Waals surface area contributed by atoms with Crippen molar-refractivity contribution in [2.24, 2.45) is 0 Å². The number of benzene rings is 2. The molecule has 2 nitrogen and oxygen atoms in total. The second-order valence-corrected chi connectivity index (χ2v) is 4.02. The Balaban J connectivity index is 2.32. The fraction of sp³-hybridized carbons (Fsp3) is 0.0769. The van der Waals surface area contributed by atoms with Crippen LogP contribution in [0.1, 0.15) is 0 Å². The molecule has 20 heavy (non-hydrogen) atoms. The summed E-state index contributed by atoms with van der Waals surface area (Å²) in [7, 11) is 0. The largest absolute Gasteiger partial charge is 0.573 e. The van der Waals surface area contributed by atoms with E-state index >= 15 is 0 Å². The first-order valence-corrected chi connectivity index (χ1v) is 5.42. The van der Waals surface area contributed by atoms with Crippen molar-refractivity contribution in [1.82, 2.24) is 0 Å². The molecule has 0 fully saturated rings. The highest BCUT2D eigenvalue weighted by atomic mass is 19.4. The van der Waals surface area contributed by atoms with Crippen molar-refractivity contribution < 1.29 is 31.1 Å². The topological polar surface area (TPSA) is 22.4 Å². The van der Waals surface area contributed by atoms with E-state index in [0.717, 1.165) is 0 Å². The van der Waals surface area contributed by atoms with Gasteiger partial charge in [-0.25, -0.2) is 4.39 Å². The molecule has 1 heterocycles. The zero-order valence-electron chi connectivity index (χ0n) is 9.59. The van der Waals surface area contributed by atoms with Crippen LogP contribution in [0, 0.1) is 11.6 Å². The normalized spacial score (nSPS) is 12.2. The number of furan rings is 1. The van der Waals surface area contributed by atoms with E-state index in [-0.39, 0.29) is 21.9 Å². The molecule has 0 bridgehead atoms. The summed E-state index contributed by atoms with van der Waals surface area (Å²) in [4.78, 5) is 0. The van der Waals surface area contributed by atoms with Crippen molar-refractivity contribution in [3.63, 3.8) is 0 Å². The average molecular weight is 288 g/mol. The molecule has 0 saturated carbocycles. The Morgan fingerprint density at radius 2 is 1.65 bits per heavy atom. The summed E-state index contributed by atoms with van der Waals surface area (Å²) in [6, 6.07) is 6.84. The van der Waals surface area contributed by atoms with Crippen LogP contribution in [0.3, 0.4) is 0 Å². The van der Waals surface area contributed by atoms with Crippen molar-refractivity contribution in [2.45, 2.75) is 6.36 Å². The second kappa shape index (κ2) is 4.09. The van der Waals surface area contributed by atoms with E-state index in [1.807, 2.05) is 0 Å². The third-order valence-electron chi connectivity index (χ3n) is 2.74. The van der Waals surface area contributed by atoms with Gasteiger partial charge in [0.1, 0.15) is 11.2 Å². The summed E-state index contributed by atoms with van der Waals surface area (Å²) >= 11 is 0. The van der Waals surface area contributed by atoms with Gasteiger partial charge in [-0.3, -0.25) is 0 Å². The average Bonchev–Trinajstić information content (AvgIpc) is 2.72. The van der Waals surface area contributed by atoms with Gasteiger partial charge in [0.25, 0.3) is 0 Å². The number of halogens is 5. The smallest absolute Gasteiger partial charge is 0.456 e. The van der Waals surface area contributed by atoms with Gasteiger partial charge < -0.3 is 9.15 Å². The minimum absolute atomic E-state index is 0.215. The Labute approximate surface area is 108 Å². The number of hydrogen-bond donors (Lipinski definition) is 0. The molecule has 0 aliphatic rings. The Hall–Kier alpha value is -2.31. The Morgan fingerprint density at radius 1 is 0.950 bits per heavy atom. The lowest BCUT2D eigenvalue weighted by Crippen LogP contribution is -2.18. The molecule has 3 rings (SSSR count). The highest BCUT2D eigenvalue weighted by Gasteiger charge is 2.34. The van der Waals surface area contributed by atoms with Gasteiger partial charge in [0, 0.05) is 11.5 Å². The molecule has 7 heteroatoms. The van der Waals surface area contributed by atoms with Crippen LogP contribution < -0.4 is 4.74 Å². The number of fused-ring (bicyclic) bond motifs is 3. The zero-order chi connectivity index (χ0) is 14.5. The van der Waals surface area contributed by atoms with E-state index < -0.39 is 23.7 Å². The molecule has 3 aromatic rings. The van der Waals surface area contributed by atoms with Crippen LogP contribution in [0.15, 0.2) is 34.7 Å². The number of ether oxygens (including phenoxy) is 1. The molecular formula is C13H5F5O2. The molecule has 0 saturated heterocycles. The van der Waals surface area contributed by atoms with Gasteiger partial charge in [-0.05, 0) is 6.07 Å². The lowest BCUT2D eigenvalue weighted by molar-refractivity contribution is -0.275. The monoisotopic (exact) mass is 288 g/mol. The maximum atomic E-state index is 13.9. The minimum Gasteiger partial charge on any atom is -0.456 e. The minimum atomic E-state index is -5.12. The number of para-hydroxylation sites is 1. The Morgan fingerprint density at radius 3 is 2.35 bits per heavy atom. The molecule has 0 N–H and O–H groups in total. The SMILES string of the molecule is Fc1c(OC(F)(F)F)cc2oc3ccccc3c2c1F. The summed E-state index contributed by atoms with van der Waals surface area (Å²) in [6.45, 7) is 0. The lowest BCUT2D eigenvalue weighted by atomic mass is 10.1. The summed E-state index contributed by atoms with van der Waals surface area (Å²) in [5.74, 6) is -4.41. The van der Waals surface area contributed by atoms with Gasteiger partial charge in [-0.15, -0.1) is 13.2 Å². The van der Waals surface area contributed by atoms with E-state index in [9.17, 15) is 22.0 Å². The standard InChI is InChI=1S/C13H5F5O2/c14-11-9(20-13(16,17)18)5-8-10(12(11)15)6-3-1-2-4-7(6)19-8/h1-5H. The molecule has 0 radical (unpaired) electrons. The molecule has 0 unspecified atom stereocenters. The molecule has 2 aromatic carbocycles. The third kappa shape index (κ3) is 1.95. The van der Waals surface area contributed by atoms with Crippen molar-refractivity contribution >= 4 is 21.9 Å². The van der Waals surface area contributed by atoms with Crippen molar-refractivity contribution in [2.75, 3.05) is 0 Å². The van der Waals surface area contributed by atoms with E-state index in [4.69, 9.17) is 4.42 Å². The van der Waals surface area contributed by atoms with E-state index in [1.165, 1.54) is 12.1 Å². The van der Waals surface area contributed by atoms with Crippen molar-refractivity contribution in [1.29, 1.82) is 0 Å². The maximum Gasteiger partial charge on any atom is 0.573 e. The second-order valence-electron chi connectivity index (χ2n) is 4.02. The van der Waals surface area contributed by atoms with Crippen LogP contribution in [0.4, 0.5) is 22.0 Å². The summed E-state index contributed by atoms with van der Waals surface area (Å²) in [5.41, 5.74) is 0.0225. The molecule has 0 aliphatic heterocycles. The molecule has 0 atom stereocenters. The highest BCUT2D eigenvalue weighted by Crippen LogP contribution is 2.37. The van der Waals surface area contributed by atoms with Gasteiger partial charge >= 0.3 is 6.36 Å². The van der Waals surface area contributed by atoms with Gasteiger partial charge in [-0.1, -0.05) is 18.2 Å². The van der Waals surface area contributed by atoms with Crippen LogP contribution in [0.2, 0.25) is 0 Å². The van der Waals surface area contributed by atoms with Gasteiger partial charge in [0.05, 0.1) is 5.39 Å². The van der Waals surface area contributed by atoms with E-state index in [1.54, 1.807) is 12.1 Å². The summed E-state index contributed by atoms with van der Waals surface area (Å²) in [6.07, 6.45) is -5.12. The first-order valence-electron chi connectivity index (χ1n) is 5.42. The molecule has 0 aliphatic carbocycles.